The molecule has 1 aliphatic rings. The van der Waals surface area contributed by atoms with Gasteiger partial charge < -0.3 is 9.80 Å². The summed E-state index contributed by atoms with van der Waals surface area (Å²) < 4.78 is 0. The third-order valence-corrected chi connectivity index (χ3v) is 3.79. The quantitative estimate of drug-likeness (QED) is 0.749. The fourth-order valence-corrected chi connectivity index (χ4v) is 2.44. The Balaban J connectivity index is 2.30. The Bertz CT molecular complexity index is 481. The molecule has 1 saturated heterocycles. The van der Waals surface area contributed by atoms with Crippen molar-refractivity contribution in [1.82, 2.24) is 9.88 Å². The molecule has 4 nitrogen and oxygen atoms in total. The average molecular weight is 309 g/mol. The van der Waals surface area contributed by atoms with E-state index in [4.69, 9.17) is 34.8 Å². The molecule has 0 aromatic carbocycles. The number of aromatic nitrogens is 1. The number of carbonyl (C=O) groups is 1. The summed E-state index contributed by atoms with van der Waals surface area (Å²) in [5, 5.41) is 0.909. The second-order valence-corrected chi connectivity index (χ2v) is 5.33. The molecule has 1 fully saturated rings. The summed E-state index contributed by atoms with van der Waals surface area (Å²) in [7, 11) is 1.79. The van der Waals surface area contributed by atoms with Gasteiger partial charge in [-0.05, 0) is 12.5 Å². The first-order valence-electron chi connectivity index (χ1n) is 5.49. The van der Waals surface area contributed by atoms with Gasteiger partial charge in [0.05, 0.1) is 16.6 Å². The number of rotatable bonds is 1. The summed E-state index contributed by atoms with van der Waals surface area (Å²) in [6, 6.07) is 1.55. The molecule has 0 unspecified atom stereocenters. The molecule has 0 atom stereocenters. The maximum Gasteiger partial charge on any atom is 0.241 e. The molecule has 0 aliphatic carbocycles. The summed E-state index contributed by atoms with van der Waals surface area (Å²) in [4.78, 5) is 19.5. The van der Waals surface area contributed by atoms with Crippen LogP contribution in [-0.4, -0.2) is 42.5 Å². The van der Waals surface area contributed by atoms with E-state index in [0.717, 1.165) is 13.0 Å². The van der Waals surface area contributed by atoms with Gasteiger partial charge in [0.15, 0.2) is 0 Å². The maximum absolute atomic E-state index is 11.8. The molecule has 0 bridgehead atoms. The van der Waals surface area contributed by atoms with Crippen molar-refractivity contribution in [3.63, 3.8) is 0 Å². The Morgan fingerprint density at radius 1 is 1.22 bits per heavy atom. The molecule has 98 valence electrons. The minimum atomic E-state index is 0.0384. The molecule has 1 aliphatic heterocycles. The van der Waals surface area contributed by atoms with E-state index in [9.17, 15) is 4.79 Å². The standard InChI is InChI=1S/C11H12Cl3N3O/c1-16-3-2-4-17(6-9(16)18)11-8(13)5-7(12)10(14)15-11/h5H,2-4,6H2,1H3. The highest BCUT2D eigenvalue weighted by Crippen LogP contribution is 2.31. The van der Waals surface area contributed by atoms with Crippen molar-refractivity contribution in [3.8, 4) is 0 Å². The van der Waals surface area contributed by atoms with E-state index >= 15 is 0 Å². The highest BCUT2D eigenvalue weighted by molar-refractivity contribution is 6.42. The third kappa shape index (κ3) is 2.82. The summed E-state index contributed by atoms with van der Waals surface area (Å²) in [5.74, 6) is 0.547. The van der Waals surface area contributed by atoms with Gasteiger partial charge in [0.25, 0.3) is 0 Å². The summed E-state index contributed by atoms with van der Waals surface area (Å²) >= 11 is 17.8. The van der Waals surface area contributed by atoms with Gasteiger partial charge in [-0.2, -0.15) is 0 Å². The van der Waals surface area contributed by atoms with Crippen molar-refractivity contribution >= 4 is 46.5 Å². The molecule has 2 heterocycles. The van der Waals surface area contributed by atoms with E-state index in [1.807, 2.05) is 4.90 Å². The zero-order chi connectivity index (χ0) is 13.3. The summed E-state index contributed by atoms with van der Waals surface area (Å²) in [6.45, 7) is 1.69. The van der Waals surface area contributed by atoms with Crippen molar-refractivity contribution in [1.29, 1.82) is 0 Å². The van der Waals surface area contributed by atoms with Crippen LogP contribution < -0.4 is 4.90 Å². The van der Waals surface area contributed by atoms with Crippen LogP contribution in [-0.2, 0) is 4.79 Å². The monoisotopic (exact) mass is 307 g/mol. The Morgan fingerprint density at radius 2 is 1.94 bits per heavy atom. The molecule has 1 aromatic rings. The van der Waals surface area contributed by atoms with Crippen molar-refractivity contribution in [2.75, 3.05) is 31.6 Å². The van der Waals surface area contributed by atoms with E-state index in [1.165, 1.54) is 0 Å². The maximum atomic E-state index is 11.8. The van der Waals surface area contributed by atoms with Crippen LogP contribution in [0.1, 0.15) is 6.42 Å². The molecule has 7 heteroatoms. The van der Waals surface area contributed by atoms with Gasteiger partial charge in [-0.15, -0.1) is 0 Å². The van der Waals surface area contributed by atoms with E-state index in [1.54, 1.807) is 18.0 Å². The lowest BCUT2D eigenvalue weighted by molar-refractivity contribution is -0.127. The lowest BCUT2D eigenvalue weighted by Crippen LogP contribution is -2.34. The van der Waals surface area contributed by atoms with Crippen LogP contribution in [0.4, 0.5) is 5.82 Å². The minimum Gasteiger partial charge on any atom is -0.346 e. The van der Waals surface area contributed by atoms with Crippen LogP contribution in [0.5, 0.6) is 0 Å². The van der Waals surface area contributed by atoms with Crippen LogP contribution >= 0.6 is 34.8 Å². The van der Waals surface area contributed by atoms with Crippen LogP contribution in [0.15, 0.2) is 6.07 Å². The Kier molecular flexibility index (Phi) is 4.20. The summed E-state index contributed by atoms with van der Waals surface area (Å²) in [6.07, 6.45) is 0.862. The topological polar surface area (TPSA) is 36.4 Å². The average Bonchev–Trinajstić information content (AvgIpc) is 2.47. The number of pyridine rings is 1. The van der Waals surface area contributed by atoms with Crippen LogP contribution in [0.2, 0.25) is 15.2 Å². The minimum absolute atomic E-state index is 0.0384. The number of hydrogen-bond donors (Lipinski definition) is 0. The zero-order valence-electron chi connectivity index (χ0n) is 9.79. The fourth-order valence-electron chi connectivity index (χ4n) is 1.82. The number of carbonyl (C=O) groups excluding carboxylic acids is 1. The van der Waals surface area contributed by atoms with Gasteiger partial charge in [-0.25, -0.2) is 4.98 Å². The van der Waals surface area contributed by atoms with Crippen LogP contribution in [0.3, 0.4) is 0 Å². The summed E-state index contributed by atoms with van der Waals surface area (Å²) in [5.41, 5.74) is 0. The second kappa shape index (κ2) is 5.51. The molecule has 1 aromatic heterocycles. The Hall–Kier alpha value is -0.710. The van der Waals surface area contributed by atoms with E-state index in [0.29, 0.717) is 22.4 Å². The lowest BCUT2D eigenvalue weighted by atomic mass is 10.3. The molecular weight excluding hydrogens is 297 g/mol. The Morgan fingerprint density at radius 3 is 2.67 bits per heavy atom. The molecule has 18 heavy (non-hydrogen) atoms. The van der Waals surface area contributed by atoms with Crippen LogP contribution in [0, 0.1) is 0 Å². The van der Waals surface area contributed by atoms with Gasteiger partial charge in [-0.3, -0.25) is 4.79 Å². The van der Waals surface area contributed by atoms with Gasteiger partial charge in [0.1, 0.15) is 11.0 Å². The number of anilines is 1. The van der Waals surface area contributed by atoms with Crippen molar-refractivity contribution in [3.05, 3.63) is 21.3 Å². The third-order valence-electron chi connectivity index (χ3n) is 2.84. The molecule has 1 amide bonds. The van der Waals surface area contributed by atoms with E-state index in [2.05, 4.69) is 4.98 Å². The molecule has 0 spiro atoms. The van der Waals surface area contributed by atoms with Crippen LogP contribution in [0.25, 0.3) is 0 Å². The van der Waals surface area contributed by atoms with Crippen molar-refractivity contribution in [2.24, 2.45) is 0 Å². The highest BCUT2D eigenvalue weighted by atomic mass is 35.5. The SMILES string of the molecule is CN1CCCN(c2nc(Cl)c(Cl)cc2Cl)CC1=O. The first-order valence-corrected chi connectivity index (χ1v) is 6.63. The first-order chi connectivity index (χ1) is 8.49. The number of likely N-dealkylation sites (N-methyl/N-ethyl adjacent to an activating group) is 1. The smallest absolute Gasteiger partial charge is 0.241 e. The van der Waals surface area contributed by atoms with Gasteiger partial charge in [-0.1, -0.05) is 34.8 Å². The number of amides is 1. The number of hydrogen-bond acceptors (Lipinski definition) is 3. The Labute approximate surface area is 120 Å². The molecule has 0 radical (unpaired) electrons. The second-order valence-electron chi connectivity index (χ2n) is 4.16. The number of halogens is 3. The van der Waals surface area contributed by atoms with E-state index in [-0.39, 0.29) is 17.6 Å². The predicted molar refractivity (Wildman–Crippen MR) is 73.7 cm³/mol. The fraction of sp³-hybridized carbons (Fsp3) is 0.455. The lowest BCUT2D eigenvalue weighted by Gasteiger charge is -2.22. The largest absolute Gasteiger partial charge is 0.346 e. The first kappa shape index (κ1) is 13.7. The normalized spacial score (nSPS) is 17.0. The number of nitrogens with zero attached hydrogens (tertiary/aromatic N) is 3. The zero-order valence-corrected chi connectivity index (χ0v) is 12.1. The van der Waals surface area contributed by atoms with Gasteiger partial charge in [0.2, 0.25) is 5.91 Å². The molecule has 2 rings (SSSR count). The predicted octanol–water partition coefficient (Wildman–Crippen LogP) is 2.71. The highest BCUT2D eigenvalue weighted by Gasteiger charge is 2.22. The van der Waals surface area contributed by atoms with Gasteiger partial charge in [0, 0.05) is 20.1 Å². The van der Waals surface area contributed by atoms with Crippen molar-refractivity contribution < 1.29 is 4.79 Å². The van der Waals surface area contributed by atoms with E-state index < -0.39 is 0 Å². The van der Waals surface area contributed by atoms with Crippen molar-refractivity contribution in [2.45, 2.75) is 6.42 Å². The van der Waals surface area contributed by atoms with Gasteiger partial charge >= 0.3 is 0 Å². The molecule has 0 N–H and O–H groups in total. The molecule has 0 saturated carbocycles. The molecular formula is C11H12Cl3N3O.